The first-order valence-electron chi connectivity index (χ1n) is 6.77. The summed E-state index contributed by atoms with van der Waals surface area (Å²) in [5.74, 6) is -0.313. The first kappa shape index (κ1) is 15.5. The quantitative estimate of drug-likeness (QED) is 0.849. The van der Waals surface area contributed by atoms with Crippen LogP contribution in [0.25, 0.3) is 0 Å². The third-order valence-corrected chi connectivity index (χ3v) is 3.64. The van der Waals surface area contributed by atoms with Crippen LogP contribution in [0.2, 0.25) is 5.02 Å². The summed E-state index contributed by atoms with van der Waals surface area (Å²) in [7, 11) is 1.39. The number of esters is 1. The van der Waals surface area contributed by atoms with E-state index in [2.05, 4.69) is 12.2 Å². The second kappa shape index (κ2) is 7.25. The second-order valence-electron chi connectivity index (χ2n) is 4.80. The van der Waals surface area contributed by atoms with Crippen LogP contribution in [0, 0.1) is 0 Å². The Morgan fingerprint density at radius 1 is 1.19 bits per heavy atom. The molecule has 2 aromatic rings. The Bertz CT molecular complexity index is 610. The van der Waals surface area contributed by atoms with Gasteiger partial charge in [-0.3, -0.25) is 0 Å². The summed E-state index contributed by atoms with van der Waals surface area (Å²) in [6, 6.07) is 15.3. The Morgan fingerprint density at radius 3 is 2.52 bits per heavy atom. The predicted octanol–water partition coefficient (Wildman–Crippen LogP) is 3.98. The van der Waals surface area contributed by atoms with E-state index in [0.717, 1.165) is 16.1 Å². The van der Waals surface area contributed by atoms with Gasteiger partial charge in [-0.05, 0) is 36.2 Å². The van der Waals surface area contributed by atoms with Crippen LogP contribution in [0.15, 0.2) is 48.5 Å². The Hall–Kier alpha value is -1.84. The van der Waals surface area contributed by atoms with E-state index < -0.39 is 0 Å². The van der Waals surface area contributed by atoms with Crippen LogP contribution in [0.5, 0.6) is 0 Å². The highest BCUT2D eigenvalue weighted by molar-refractivity contribution is 6.30. The Balaban J connectivity index is 2.06. The number of methoxy groups -OCH3 is 1. The van der Waals surface area contributed by atoms with E-state index >= 15 is 0 Å². The van der Waals surface area contributed by atoms with Crippen LogP contribution in [-0.2, 0) is 11.3 Å². The van der Waals surface area contributed by atoms with Crippen LogP contribution < -0.4 is 5.32 Å². The lowest BCUT2D eigenvalue weighted by molar-refractivity contribution is 0.0599. The lowest BCUT2D eigenvalue weighted by Crippen LogP contribution is -2.20. The third kappa shape index (κ3) is 4.06. The van der Waals surface area contributed by atoms with Gasteiger partial charge in [0.05, 0.1) is 12.7 Å². The van der Waals surface area contributed by atoms with Crippen LogP contribution >= 0.6 is 11.6 Å². The summed E-state index contributed by atoms with van der Waals surface area (Å²) in [5.41, 5.74) is 2.66. The molecule has 0 fully saturated rings. The smallest absolute Gasteiger partial charge is 0.338 e. The zero-order valence-corrected chi connectivity index (χ0v) is 12.9. The number of hydrogen-bond donors (Lipinski definition) is 1. The molecule has 0 saturated carbocycles. The number of nitrogens with one attached hydrogen (secondary N) is 1. The van der Waals surface area contributed by atoms with E-state index in [9.17, 15) is 4.79 Å². The van der Waals surface area contributed by atoms with Gasteiger partial charge in [0.1, 0.15) is 0 Å². The molecule has 0 aliphatic rings. The molecule has 1 atom stereocenters. The van der Waals surface area contributed by atoms with Gasteiger partial charge in [0.2, 0.25) is 0 Å². The molecule has 0 aliphatic carbocycles. The van der Waals surface area contributed by atoms with Gasteiger partial charge in [-0.2, -0.15) is 0 Å². The highest BCUT2D eigenvalue weighted by Gasteiger charge is 2.12. The Labute approximate surface area is 129 Å². The number of carbonyl (C=O) groups excluding carboxylic acids is 1. The Kier molecular flexibility index (Phi) is 5.37. The minimum atomic E-state index is -0.313. The first-order valence-corrected chi connectivity index (χ1v) is 7.14. The monoisotopic (exact) mass is 303 g/mol. The van der Waals surface area contributed by atoms with Gasteiger partial charge in [-0.15, -0.1) is 0 Å². The number of halogens is 1. The fourth-order valence-electron chi connectivity index (χ4n) is 2.12. The van der Waals surface area contributed by atoms with Crippen LogP contribution in [-0.4, -0.2) is 13.1 Å². The number of ether oxygens (including phenoxy) is 1. The lowest BCUT2D eigenvalue weighted by Gasteiger charge is -2.15. The minimum Gasteiger partial charge on any atom is -0.465 e. The maximum absolute atomic E-state index is 11.7. The van der Waals surface area contributed by atoms with Gasteiger partial charge in [0.15, 0.2) is 0 Å². The zero-order valence-electron chi connectivity index (χ0n) is 12.1. The molecule has 2 aromatic carbocycles. The van der Waals surface area contributed by atoms with Crippen molar-refractivity contribution in [1.82, 2.24) is 5.32 Å². The van der Waals surface area contributed by atoms with Gasteiger partial charge >= 0.3 is 5.97 Å². The molecule has 0 saturated heterocycles. The number of rotatable bonds is 5. The fourth-order valence-corrected chi connectivity index (χ4v) is 2.24. The molecule has 4 heteroatoms. The van der Waals surface area contributed by atoms with Gasteiger partial charge in [0, 0.05) is 17.6 Å². The average molecular weight is 304 g/mol. The normalized spacial score (nSPS) is 12.0. The fraction of sp³-hybridized carbons (Fsp3) is 0.235. The van der Waals surface area contributed by atoms with E-state index in [-0.39, 0.29) is 12.0 Å². The summed E-state index contributed by atoms with van der Waals surface area (Å²) < 4.78 is 4.80. The topological polar surface area (TPSA) is 38.3 Å². The van der Waals surface area contributed by atoms with Gasteiger partial charge < -0.3 is 10.1 Å². The van der Waals surface area contributed by atoms with Crippen molar-refractivity contribution in [2.45, 2.75) is 19.5 Å². The zero-order chi connectivity index (χ0) is 15.2. The number of benzene rings is 2. The van der Waals surface area contributed by atoms with Crippen molar-refractivity contribution in [3.05, 3.63) is 70.2 Å². The third-order valence-electron chi connectivity index (χ3n) is 3.39. The molecule has 0 spiro atoms. The molecular weight excluding hydrogens is 286 g/mol. The maximum atomic E-state index is 11.7. The van der Waals surface area contributed by atoms with E-state index in [0.29, 0.717) is 12.1 Å². The summed E-state index contributed by atoms with van der Waals surface area (Å²) in [6.07, 6.45) is 0. The first-order chi connectivity index (χ1) is 10.1. The second-order valence-corrected chi connectivity index (χ2v) is 5.24. The lowest BCUT2D eigenvalue weighted by atomic mass is 10.1. The highest BCUT2D eigenvalue weighted by Crippen LogP contribution is 2.17. The summed E-state index contributed by atoms with van der Waals surface area (Å²) in [5, 5.41) is 4.13. The van der Waals surface area contributed by atoms with Crippen LogP contribution in [0.3, 0.4) is 0 Å². The average Bonchev–Trinajstić information content (AvgIpc) is 2.52. The molecule has 110 valence electrons. The molecule has 0 heterocycles. The Morgan fingerprint density at radius 2 is 1.86 bits per heavy atom. The largest absolute Gasteiger partial charge is 0.465 e. The van der Waals surface area contributed by atoms with Gasteiger partial charge in [-0.25, -0.2) is 4.79 Å². The molecule has 2 rings (SSSR count). The molecule has 21 heavy (non-hydrogen) atoms. The predicted molar refractivity (Wildman–Crippen MR) is 84.5 cm³/mol. The number of carbonyl (C=O) groups is 1. The van der Waals surface area contributed by atoms with Gasteiger partial charge in [0.25, 0.3) is 0 Å². The molecule has 0 aliphatic heterocycles. The molecular formula is C17H18ClNO2. The van der Waals surface area contributed by atoms with Crippen molar-refractivity contribution in [3.8, 4) is 0 Å². The van der Waals surface area contributed by atoms with Crippen molar-refractivity contribution < 1.29 is 9.53 Å². The molecule has 0 bridgehead atoms. The summed E-state index contributed by atoms with van der Waals surface area (Å²) in [6.45, 7) is 2.67. The van der Waals surface area contributed by atoms with Crippen molar-refractivity contribution >= 4 is 17.6 Å². The highest BCUT2D eigenvalue weighted by atomic mass is 35.5. The number of hydrogen-bond acceptors (Lipinski definition) is 3. The minimum absolute atomic E-state index is 0.160. The van der Waals surface area contributed by atoms with E-state index in [1.54, 1.807) is 6.07 Å². The van der Waals surface area contributed by atoms with E-state index in [4.69, 9.17) is 16.3 Å². The van der Waals surface area contributed by atoms with Crippen LogP contribution in [0.4, 0.5) is 0 Å². The van der Waals surface area contributed by atoms with E-state index in [1.165, 1.54) is 7.11 Å². The van der Waals surface area contributed by atoms with Crippen LogP contribution in [0.1, 0.15) is 34.5 Å². The molecule has 0 aromatic heterocycles. The van der Waals surface area contributed by atoms with Crippen molar-refractivity contribution in [2.24, 2.45) is 0 Å². The van der Waals surface area contributed by atoms with Crippen molar-refractivity contribution in [2.75, 3.05) is 7.11 Å². The summed E-state index contributed by atoms with van der Waals surface area (Å²) >= 11 is 5.89. The van der Waals surface area contributed by atoms with Crippen molar-refractivity contribution in [1.29, 1.82) is 0 Å². The maximum Gasteiger partial charge on any atom is 0.338 e. The van der Waals surface area contributed by atoms with E-state index in [1.807, 2.05) is 42.5 Å². The van der Waals surface area contributed by atoms with Crippen molar-refractivity contribution in [3.63, 3.8) is 0 Å². The summed E-state index contributed by atoms with van der Waals surface area (Å²) in [4.78, 5) is 11.7. The molecule has 0 radical (unpaired) electrons. The molecule has 0 amide bonds. The van der Waals surface area contributed by atoms with Gasteiger partial charge in [-0.1, -0.05) is 41.9 Å². The standard InChI is InChI=1S/C17H18ClNO2/c1-12(13-7-9-15(18)10-8-13)19-11-14-5-3-4-6-16(14)17(20)21-2/h3-10,12,19H,11H2,1-2H3. The molecule has 3 nitrogen and oxygen atoms in total. The molecule has 1 N–H and O–H groups in total. The SMILES string of the molecule is COC(=O)c1ccccc1CNC(C)c1ccc(Cl)cc1. The molecule has 1 unspecified atom stereocenters.